The second-order valence-electron chi connectivity index (χ2n) is 11.1. The van der Waals surface area contributed by atoms with Crippen LogP contribution in [0.3, 0.4) is 0 Å². The monoisotopic (exact) mass is 577 g/mol. The zero-order valence-electron chi connectivity index (χ0n) is 25.6. The summed E-state index contributed by atoms with van der Waals surface area (Å²) >= 11 is 0. The first kappa shape index (κ1) is 33.9. The lowest BCUT2D eigenvalue weighted by atomic mass is 10.0. The molecule has 10 heteroatoms. The summed E-state index contributed by atoms with van der Waals surface area (Å²) in [6.07, 6.45) is 4.66. The van der Waals surface area contributed by atoms with Crippen LogP contribution in [-0.2, 0) is 30.5 Å². The lowest BCUT2D eigenvalue weighted by Gasteiger charge is -2.24. The smallest absolute Gasteiger partial charge is 0.308 e. The van der Waals surface area contributed by atoms with Crippen LogP contribution in [0.15, 0.2) is 36.7 Å². The average Bonchev–Trinajstić information content (AvgIpc) is 2.95. The molecular formula is C32H43N5O5. The van der Waals surface area contributed by atoms with Gasteiger partial charge in [0, 0.05) is 36.8 Å². The van der Waals surface area contributed by atoms with Gasteiger partial charge in [-0.2, -0.15) is 0 Å². The first-order valence-electron chi connectivity index (χ1n) is 14.3. The van der Waals surface area contributed by atoms with Crippen LogP contribution < -0.4 is 16.0 Å². The van der Waals surface area contributed by atoms with E-state index in [4.69, 9.17) is 4.74 Å². The maximum absolute atomic E-state index is 12.9. The normalized spacial score (nSPS) is 12.2. The Kier molecular flexibility index (Phi) is 13.6. The number of nitrogens with zero attached hydrogens (tertiary/aromatic N) is 2. The highest BCUT2D eigenvalue weighted by Gasteiger charge is 2.27. The number of esters is 1. The van der Waals surface area contributed by atoms with Gasteiger partial charge < -0.3 is 20.7 Å². The summed E-state index contributed by atoms with van der Waals surface area (Å²) in [5, 5.41) is 8.23. The number of anilines is 1. The van der Waals surface area contributed by atoms with Gasteiger partial charge in [0.05, 0.1) is 11.5 Å². The Hall–Kier alpha value is -4.26. The van der Waals surface area contributed by atoms with Gasteiger partial charge in [0.1, 0.15) is 24.5 Å². The summed E-state index contributed by atoms with van der Waals surface area (Å²) in [6.45, 7) is 13.0. The van der Waals surface area contributed by atoms with Crippen LogP contribution in [0.2, 0.25) is 0 Å². The van der Waals surface area contributed by atoms with E-state index in [0.29, 0.717) is 18.5 Å². The van der Waals surface area contributed by atoms with Gasteiger partial charge >= 0.3 is 5.97 Å². The molecule has 2 aromatic rings. The van der Waals surface area contributed by atoms with Gasteiger partial charge in [0.2, 0.25) is 17.7 Å². The van der Waals surface area contributed by atoms with E-state index in [1.807, 2.05) is 27.7 Å². The van der Waals surface area contributed by atoms with Crippen molar-refractivity contribution in [1.29, 1.82) is 0 Å². The molecule has 0 saturated heterocycles. The largest absolute Gasteiger partial charge is 0.461 e. The first-order chi connectivity index (χ1) is 19.9. The highest BCUT2D eigenvalue weighted by molar-refractivity contribution is 5.98. The quantitative estimate of drug-likeness (QED) is 0.185. The van der Waals surface area contributed by atoms with Crippen molar-refractivity contribution in [1.82, 2.24) is 20.6 Å². The van der Waals surface area contributed by atoms with E-state index in [1.54, 1.807) is 57.4 Å². The Labute approximate surface area is 248 Å². The minimum Gasteiger partial charge on any atom is -0.461 e. The summed E-state index contributed by atoms with van der Waals surface area (Å²) in [4.78, 5) is 58.4. The van der Waals surface area contributed by atoms with Crippen LogP contribution in [0.5, 0.6) is 0 Å². The number of hydrogen-bond donors (Lipinski definition) is 3. The molecule has 0 aliphatic rings. The number of benzene rings is 1. The van der Waals surface area contributed by atoms with Gasteiger partial charge in [-0.3, -0.25) is 19.2 Å². The van der Waals surface area contributed by atoms with Crippen molar-refractivity contribution in [3.63, 3.8) is 0 Å². The molecule has 42 heavy (non-hydrogen) atoms. The van der Waals surface area contributed by atoms with Crippen molar-refractivity contribution in [2.75, 3.05) is 5.32 Å². The molecule has 0 unspecified atom stereocenters. The lowest BCUT2D eigenvalue weighted by molar-refractivity contribution is -0.148. The molecule has 0 aliphatic carbocycles. The molecule has 3 N–H and O–H groups in total. The maximum Gasteiger partial charge on any atom is 0.308 e. The van der Waals surface area contributed by atoms with Crippen molar-refractivity contribution >= 4 is 29.4 Å². The molecule has 0 spiro atoms. The molecule has 0 aliphatic heterocycles. The number of amides is 3. The number of unbranched alkanes of at least 4 members (excludes halogenated alkanes) is 1. The Bertz CT molecular complexity index is 1260. The molecule has 3 amide bonds. The van der Waals surface area contributed by atoms with Crippen molar-refractivity contribution in [3.8, 4) is 11.8 Å². The first-order valence-corrected chi connectivity index (χ1v) is 14.3. The van der Waals surface area contributed by atoms with E-state index < -0.39 is 23.9 Å². The zero-order valence-corrected chi connectivity index (χ0v) is 25.6. The Balaban J connectivity index is 1.80. The van der Waals surface area contributed by atoms with Crippen molar-refractivity contribution < 1.29 is 23.9 Å². The SMILES string of the molecule is CC(C)C(=O)OCc1ccc(NC(=O)[C@H](C)NC(=O)[C@@H](NC(=O)CCCC#Cc2cnc(C(C)C)nc2)C(C)C)cc1. The van der Waals surface area contributed by atoms with Gasteiger partial charge in [-0.25, -0.2) is 9.97 Å². The van der Waals surface area contributed by atoms with Crippen LogP contribution in [0.25, 0.3) is 0 Å². The summed E-state index contributed by atoms with van der Waals surface area (Å²) in [5.74, 6) is 5.28. The number of hydrogen-bond acceptors (Lipinski definition) is 7. The Morgan fingerprint density at radius 2 is 1.52 bits per heavy atom. The summed E-state index contributed by atoms with van der Waals surface area (Å²) in [6, 6.07) is 5.27. The third-order valence-electron chi connectivity index (χ3n) is 6.22. The second-order valence-corrected chi connectivity index (χ2v) is 11.1. The fraction of sp³-hybridized carbons (Fsp3) is 0.500. The third-order valence-corrected chi connectivity index (χ3v) is 6.22. The highest BCUT2D eigenvalue weighted by atomic mass is 16.5. The van der Waals surface area contributed by atoms with Gasteiger partial charge in [0.15, 0.2) is 0 Å². The number of nitrogens with one attached hydrogen (secondary N) is 3. The molecular weight excluding hydrogens is 534 g/mol. The number of carbonyl (C=O) groups is 4. The highest BCUT2D eigenvalue weighted by Crippen LogP contribution is 2.12. The topological polar surface area (TPSA) is 139 Å². The molecule has 0 bridgehead atoms. The lowest BCUT2D eigenvalue weighted by Crippen LogP contribution is -2.53. The Morgan fingerprint density at radius 3 is 2.10 bits per heavy atom. The van der Waals surface area contributed by atoms with Gasteiger partial charge in [-0.1, -0.05) is 65.5 Å². The number of aromatic nitrogens is 2. The number of ether oxygens (including phenoxy) is 1. The molecule has 10 nitrogen and oxygen atoms in total. The van der Waals surface area contributed by atoms with Crippen LogP contribution in [0, 0.1) is 23.7 Å². The van der Waals surface area contributed by atoms with E-state index in [9.17, 15) is 19.2 Å². The predicted octanol–water partition coefficient (Wildman–Crippen LogP) is 4.11. The fourth-order valence-corrected chi connectivity index (χ4v) is 3.61. The van der Waals surface area contributed by atoms with E-state index >= 15 is 0 Å². The standard InChI is InChI=1S/C32H43N5O5/c1-20(2)28(37-27(38)12-10-8-9-11-25-17-33-29(21(3)4)34-18-25)31(40)35-23(7)30(39)36-26-15-13-24(14-16-26)19-42-32(41)22(5)6/h13-18,20-23,28H,8,10,12,19H2,1-7H3,(H,35,40)(H,36,39)(H,37,38)/t23-,28-/m0/s1. The summed E-state index contributed by atoms with van der Waals surface area (Å²) < 4.78 is 5.21. The van der Waals surface area contributed by atoms with Crippen molar-refractivity contribution in [2.24, 2.45) is 11.8 Å². The number of carbonyl (C=O) groups excluding carboxylic acids is 4. The van der Waals surface area contributed by atoms with Crippen molar-refractivity contribution in [3.05, 3.63) is 53.6 Å². The van der Waals surface area contributed by atoms with Crippen LogP contribution in [0.1, 0.15) is 90.6 Å². The van der Waals surface area contributed by atoms with Crippen molar-refractivity contribution in [2.45, 2.75) is 92.3 Å². The fourth-order valence-electron chi connectivity index (χ4n) is 3.61. The molecule has 0 saturated carbocycles. The van der Waals surface area contributed by atoms with Gasteiger partial charge in [-0.15, -0.1) is 0 Å². The maximum atomic E-state index is 12.9. The van der Waals surface area contributed by atoms with Gasteiger partial charge in [-0.05, 0) is 37.0 Å². The summed E-state index contributed by atoms with van der Waals surface area (Å²) in [7, 11) is 0. The molecule has 2 rings (SSSR count). The molecule has 1 heterocycles. The number of rotatable bonds is 13. The van der Waals surface area contributed by atoms with E-state index in [1.165, 1.54) is 0 Å². The van der Waals surface area contributed by atoms with E-state index in [2.05, 4.69) is 37.8 Å². The van der Waals surface area contributed by atoms with Crippen LogP contribution >= 0.6 is 0 Å². The second kappa shape index (κ2) is 16.9. The van der Waals surface area contributed by atoms with Gasteiger partial charge in [0.25, 0.3) is 0 Å². The van der Waals surface area contributed by atoms with E-state index in [-0.39, 0.29) is 42.7 Å². The molecule has 226 valence electrons. The molecule has 2 atom stereocenters. The molecule has 1 aromatic heterocycles. The minimum absolute atomic E-state index is 0.149. The summed E-state index contributed by atoms with van der Waals surface area (Å²) in [5.41, 5.74) is 2.05. The van der Waals surface area contributed by atoms with E-state index in [0.717, 1.165) is 17.0 Å². The third kappa shape index (κ3) is 11.7. The molecule has 0 radical (unpaired) electrons. The molecule has 1 aromatic carbocycles. The minimum atomic E-state index is -0.837. The van der Waals surface area contributed by atoms with Crippen LogP contribution in [0.4, 0.5) is 5.69 Å². The Morgan fingerprint density at radius 1 is 0.881 bits per heavy atom. The van der Waals surface area contributed by atoms with Crippen LogP contribution in [-0.4, -0.2) is 45.7 Å². The molecule has 0 fully saturated rings. The average molecular weight is 578 g/mol. The zero-order chi connectivity index (χ0) is 31.2. The predicted molar refractivity (Wildman–Crippen MR) is 161 cm³/mol.